The largest absolute Gasteiger partial charge is 0.458 e. The highest BCUT2D eigenvalue weighted by molar-refractivity contribution is 5.74. The van der Waals surface area contributed by atoms with Crippen molar-refractivity contribution in [1.29, 1.82) is 0 Å². The fourth-order valence-electron chi connectivity index (χ4n) is 5.48. The zero-order valence-corrected chi connectivity index (χ0v) is 18.6. The molecule has 3 rings (SSSR count). The summed E-state index contributed by atoms with van der Waals surface area (Å²) < 4.78 is 5.50. The van der Waals surface area contributed by atoms with Gasteiger partial charge in [-0.15, -0.1) is 0 Å². The molecule has 6 nitrogen and oxygen atoms in total. The maximum Gasteiger partial charge on any atom is 0.317 e. The zero-order valence-electron chi connectivity index (χ0n) is 18.6. The number of aliphatic hydroxyl groups is 1. The third-order valence-electron chi connectivity index (χ3n) is 7.39. The molecule has 2 amide bonds. The summed E-state index contributed by atoms with van der Waals surface area (Å²) in [4.78, 5) is 26.1. The molecule has 29 heavy (non-hydrogen) atoms. The molecule has 0 aromatic heterocycles. The number of nitrogens with one attached hydrogen (secondary N) is 1. The summed E-state index contributed by atoms with van der Waals surface area (Å²) in [6.07, 6.45) is 6.44. The van der Waals surface area contributed by atoms with E-state index in [1.807, 2.05) is 18.7 Å². The van der Waals surface area contributed by atoms with Crippen molar-refractivity contribution in [3.05, 3.63) is 11.6 Å². The van der Waals surface area contributed by atoms with Gasteiger partial charge in [-0.25, -0.2) is 4.79 Å². The van der Waals surface area contributed by atoms with Crippen LogP contribution >= 0.6 is 0 Å². The predicted molar refractivity (Wildman–Crippen MR) is 112 cm³/mol. The molecule has 0 aliphatic heterocycles. The molecule has 164 valence electrons. The van der Waals surface area contributed by atoms with Crippen LogP contribution in [0.5, 0.6) is 0 Å². The Morgan fingerprint density at radius 2 is 2.03 bits per heavy atom. The van der Waals surface area contributed by atoms with Crippen LogP contribution in [0.2, 0.25) is 0 Å². The minimum Gasteiger partial charge on any atom is -0.458 e. The SMILES string of the molecule is CCNC(=O)N(C[C@@H](C)[C@@H]1CC[C@@H](C)[C@]2(O)C[C@@H](OC(C)=O)C(C)=C[C@H]12)C1CC1. The Kier molecular flexibility index (Phi) is 6.61. The van der Waals surface area contributed by atoms with Crippen molar-refractivity contribution in [3.63, 3.8) is 0 Å². The molecule has 0 heterocycles. The van der Waals surface area contributed by atoms with Crippen molar-refractivity contribution >= 4 is 12.0 Å². The van der Waals surface area contributed by atoms with E-state index in [1.165, 1.54) is 6.92 Å². The molecule has 0 unspecified atom stereocenters. The van der Waals surface area contributed by atoms with Gasteiger partial charge in [0.2, 0.25) is 0 Å². The zero-order chi connectivity index (χ0) is 21.3. The lowest BCUT2D eigenvalue weighted by atomic mass is 9.57. The maximum absolute atomic E-state index is 12.5. The van der Waals surface area contributed by atoms with Gasteiger partial charge in [-0.1, -0.05) is 19.9 Å². The van der Waals surface area contributed by atoms with Gasteiger partial charge in [-0.3, -0.25) is 4.79 Å². The Balaban J connectivity index is 1.79. The predicted octanol–water partition coefficient (Wildman–Crippen LogP) is 3.49. The Morgan fingerprint density at radius 3 is 2.62 bits per heavy atom. The van der Waals surface area contributed by atoms with E-state index in [0.29, 0.717) is 24.9 Å². The van der Waals surface area contributed by atoms with Crippen LogP contribution in [0.25, 0.3) is 0 Å². The Hall–Kier alpha value is -1.56. The van der Waals surface area contributed by atoms with Crippen LogP contribution in [0.1, 0.15) is 66.7 Å². The van der Waals surface area contributed by atoms with Crippen LogP contribution in [0.4, 0.5) is 4.79 Å². The summed E-state index contributed by atoms with van der Waals surface area (Å²) in [7, 11) is 0. The summed E-state index contributed by atoms with van der Waals surface area (Å²) in [5.41, 5.74) is 0.163. The van der Waals surface area contributed by atoms with Gasteiger partial charge in [0.1, 0.15) is 6.10 Å². The van der Waals surface area contributed by atoms with E-state index >= 15 is 0 Å². The van der Waals surface area contributed by atoms with E-state index in [0.717, 1.165) is 37.8 Å². The highest BCUT2D eigenvalue weighted by Crippen LogP contribution is 2.51. The number of esters is 1. The lowest BCUT2D eigenvalue weighted by molar-refractivity contribution is -0.159. The average Bonchev–Trinajstić information content (AvgIpc) is 3.47. The molecule has 3 aliphatic carbocycles. The number of amides is 2. The Bertz CT molecular complexity index is 659. The maximum atomic E-state index is 12.5. The van der Waals surface area contributed by atoms with Crippen molar-refractivity contribution < 1.29 is 19.4 Å². The fraction of sp³-hybridized carbons (Fsp3) is 0.826. The Morgan fingerprint density at radius 1 is 1.34 bits per heavy atom. The summed E-state index contributed by atoms with van der Waals surface area (Å²) in [6.45, 7) is 11.1. The van der Waals surface area contributed by atoms with E-state index in [2.05, 4.69) is 25.2 Å². The third kappa shape index (κ3) is 4.62. The molecule has 2 saturated carbocycles. The first-order chi connectivity index (χ1) is 13.7. The first-order valence-corrected chi connectivity index (χ1v) is 11.3. The van der Waals surface area contributed by atoms with E-state index in [9.17, 15) is 14.7 Å². The van der Waals surface area contributed by atoms with Crippen molar-refractivity contribution in [2.45, 2.75) is 84.5 Å². The van der Waals surface area contributed by atoms with Gasteiger partial charge in [0.25, 0.3) is 0 Å². The molecule has 0 aromatic carbocycles. The van der Waals surface area contributed by atoms with Crippen molar-refractivity contribution in [3.8, 4) is 0 Å². The van der Waals surface area contributed by atoms with Crippen LogP contribution in [-0.4, -0.2) is 52.8 Å². The minimum atomic E-state index is -0.868. The summed E-state index contributed by atoms with van der Waals surface area (Å²) in [6, 6.07) is 0.397. The Labute approximate surface area is 175 Å². The van der Waals surface area contributed by atoms with Crippen LogP contribution in [0, 0.1) is 23.7 Å². The van der Waals surface area contributed by atoms with E-state index in [1.54, 1.807) is 0 Å². The molecular formula is C23H38N2O4. The van der Waals surface area contributed by atoms with E-state index in [-0.39, 0.29) is 35.9 Å². The van der Waals surface area contributed by atoms with E-state index < -0.39 is 5.60 Å². The summed E-state index contributed by atoms with van der Waals surface area (Å²) in [5.74, 6) is 0.474. The molecule has 3 aliphatic rings. The average molecular weight is 407 g/mol. The molecule has 0 aromatic rings. The number of hydrogen-bond donors (Lipinski definition) is 2. The lowest BCUT2D eigenvalue weighted by Gasteiger charge is -2.53. The number of fused-ring (bicyclic) bond motifs is 1. The first kappa shape index (κ1) is 22.1. The number of carbonyl (C=O) groups excluding carboxylic acids is 2. The highest BCUT2D eigenvalue weighted by atomic mass is 16.5. The van der Waals surface area contributed by atoms with Crippen molar-refractivity contribution in [1.82, 2.24) is 10.2 Å². The normalized spacial score (nSPS) is 35.2. The van der Waals surface area contributed by atoms with Gasteiger partial charge in [0, 0.05) is 38.4 Å². The molecular weight excluding hydrogens is 368 g/mol. The number of carbonyl (C=O) groups is 2. The summed E-state index contributed by atoms with van der Waals surface area (Å²) in [5, 5.41) is 14.7. The third-order valence-corrected chi connectivity index (χ3v) is 7.39. The standard InChI is InChI=1S/C23H38N2O4/c1-6-24-22(27)25(18-8-9-18)13-15(3)19-10-7-16(4)23(28)12-21(29-17(5)26)14(2)11-20(19)23/h11,15-16,18-21,28H,6-10,12-13H2,1-5H3,(H,24,27)/t15-,16-,19+,20-,21-,23-/m1/s1. The second kappa shape index (κ2) is 8.66. The van der Waals surface area contributed by atoms with Crippen molar-refractivity contribution in [2.75, 3.05) is 13.1 Å². The van der Waals surface area contributed by atoms with Crippen LogP contribution in [-0.2, 0) is 9.53 Å². The van der Waals surface area contributed by atoms with E-state index in [4.69, 9.17) is 4.74 Å². The lowest BCUT2D eigenvalue weighted by Crippen LogP contribution is -2.56. The molecule has 2 fully saturated rings. The first-order valence-electron chi connectivity index (χ1n) is 11.3. The molecule has 6 heteroatoms. The van der Waals surface area contributed by atoms with Gasteiger partial charge >= 0.3 is 12.0 Å². The van der Waals surface area contributed by atoms with Gasteiger partial charge in [-0.2, -0.15) is 0 Å². The minimum absolute atomic E-state index is 0.0309. The fourth-order valence-corrected chi connectivity index (χ4v) is 5.48. The smallest absolute Gasteiger partial charge is 0.317 e. The number of hydrogen-bond acceptors (Lipinski definition) is 4. The van der Waals surface area contributed by atoms with Crippen LogP contribution in [0.3, 0.4) is 0 Å². The molecule has 0 spiro atoms. The molecule has 6 atom stereocenters. The monoisotopic (exact) mass is 406 g/mol. The quantitative estimate of drug-likeness (QED) is 0.523. The second-order valence-corrected chi connectivity index (χ2v) is 9.57. The summed E-state index contributed by atoms with van der Waals surface area (Å²) >= 11 is 0. The van der Waals surface area contributed by atoms with Crippen LogP contribution < -0.4 is 5.32 Å². The number of rotatable bonds is 6. The highest BCUT2D eigenvalue weighted by Gasteiger charge is 2.53. The van der Waals surface area contributed by atoms with Gasteiger partial charge in [-0.05, 0) is 62.9 Å². The van der Waals surface area contributed by atoms with Crippen LogP contribution in [0.15, 0.2) is 11.6 Å². The molecule has 0 radical (unpaired) electrons. The molecule has 0 saturated heterocycles. The molecule has 2 N–H and O–H groups in total. The number of urea groups is 1. The number of nitrogens with zero attached hydrogens (tertiary/aromatic N) is 1. The van der Waals surface area contributed by atoms with Gasteiger partial charge in [0.05, 0.1) is 5.60 Å². The van der Waals surface area contributed by atoms with Gasteiger partial charge < -0.3 is 20.1 Å². The number of ether oxygens (including phenoxy) is 1. The van der Waals surface area contributed by atoms with Crippen molar-refractivity contribution in [2.24, 2.45) is 23.7 Å². The topological polar surface area (TPSA) is 78.9 Å². The second-order valence-electron chi connectivity index (χ2n) is 9.57. The molecule has 0 bridgehead atoms. The van der Waals surface area contributed by atoms with Gasteiger partial charge in [0.15, 0.2) is 0 Å².